The summed E-state index contributed by atoms with van der Waals surface area (Å²) in [5, 5.41) is 0.698. The van der Waals surface area contributed by atoms with Gasteiger partial charge in [0.15, 0.2) is 0 Å². The molecule has 1 rings (SSSR count). The van der Waals surface area contributed by atoms with E-state index in [9.17, 15) is 4.79 Å². The fourth-order valence-corrected chi connectivity index (χ4v) is 1.28. The Hall–Kier alpha value is -0.830. The minimum atomic E-state index is -0.131. The van der Waals surface area contributed by atoms with E-state index in [-0.39, 0.29) is 5.97 Å². The van der Waals surface area contributed by atoms with Crippen LogP contribution in [0, 0.1) is 0 Å². The van der Waals surface area contributed by atoms with Crippen LogP contribution in [0.5, 0.6) is 0 Å². The molecular weight excluding hydrogens is 244 g/mol. The maximum Gasteiger partial charge on any atom is 0.306 e. The molecule has 0 aliphatic rings. The lowest BCUT2D eigenvalue weighted by molar-refractivity contribution is -0.142. The highest BCUT2D eigenvalue weighted by molar-refractivity contribution is 9.09. The Bertz CT molecular complexity index is 272. The summed E-state index contributed by atoms with van der Waals surface area (Å²) >= 11 is 3.20. The quantitative estimate of drug-likeness (QED) is 0.598. The van der Waals surface area contributed by atoms with E-state index in [4.69, 9.17) is 4.74 Å². The third kappa shape index (κ3) is 4.42. The predicted octanol–water partition coefficient (Wildman–Crippen LogP) is 2.56. The van der Waals surface area contributed by atoms with Crippen LogP contribution in [-0.2, 0) is 16.0 Å². The smallest absolute Gasteiger partial charge is 0.306 e. The number of halogens is 1. The highest BCUT2D eigenvalue weighted by Crippen LogP contribution is 2.03. The van der Waals surface area contributed by atoms with Crippen molar-refractivity contribution in [3.63, 3.8) is 0 Å². The Morgan fingerprint density at radius 3 is 2.64 bits per heavy atom. The van der Waals surface area contributed by atoms with Gasteiger partial charge in [0, 0.05) is 11.8 Å². The second kappa shape index (κ2) is 6.60. The van der Waals surface area contributed by atoms with Crippen molar-refractivity contribution in [1.82, 2.24) is 0 Å². The average Bonchev–Trinajstić information content (AvgIpc) is 2.25. The zero-order valence-corrected chi connectivity index (χ0v) is 9.50. The van der Waals surface area contributed by atoms with Gasteiger partial charge in [0.2, 0.25) is 0 Å². The summed E-state index contributed by atoms with van der Waals surface area (Å²) in [5.74, 6) is -0.131. The molecule has 0 aliphatic carbocycles. The summed E-state index contributed by atoms with van der Waals surface area (Å²) in [6.45, 7) is 0.452. The van der Waals surface area contributed by atoms with Crippen molar-refractivity contribution in [2.75, 3.05) is 11.9 Å². The molecule has 0 saturated heterocycles. The Kier molecular flexibility index (Phi) is 5.30. The molecule has 0 N–H and O–H groups in total. The van der Waals surface area contributed by atoms with Crippen molar-refractivity contribution >= 4 is 21.9 Å². The number of carbonyl (C=O) groups is 1. The molecule has 3 heteroatoms. The van der Waals surface area contributed by atoms with E-state index in [0.29, 0.717) is 18.4 Å². The molecule has 0 bridgehead atoms. The van der Waals surface area contributed by atoms with Crippen LogP contribution >= 0.6 is 15.9 Å². The molecule has 0 atom stereocenters. The molecular formula is C11H13BrO2. The first-order valence-corrected chi connectivity index (χ1v) is 5.70. The van der Waals surface area contributed by atoms with Gasteiger partial charge in [0.05, 0.1) is 0 Å². The number of benzene rings is 1. The largest absolute Gasteiger partial charge is 0.465 e. The van der Waals surface area contributed by atoms with Crippen molar-refractivity contribution in [3.8, 4) is 0 Å². The van der Waals surface area contributed by atoms with E-state index < -0.39 is 0 Å². The van der Waals surface area contributed by atoms with E-state index >= 15 is 0 Å². The van der Waals surface area contributed by atoms with Crippen molar-refractivity contribution in [1.29, 1.82) is 0 Å². The lowest BCUT2D eigenvalue weighted by atomic mass is 10.1. The summed E-state index contributed by atoms with van der Waals surface area (Å²) in [7, 11) is 0. The number of ether oxygens (including phenoxy) is 1. The van der Waals surface area contributed by atoms with Crippen molar-refractivity contribution in [2.45, 2.75) is 12.8 Å². The van der Waals surface area contributed by atoms with Gasteiger partial charge in [0.1, 0.15) is 6.61 Å². The van der Waals surface area contributed by atoms with Crippen LogP contribution in [0.1, 0.15) is 12.0 Å². The molecule has 76 valence electrons. The van der Waals surface area contributed by atoms with Crippen LogP contribution in [0.15, 0.2) is 30.3 Å². The Morgan fingerprint density at radius 2 is 2.00 bits per heavy atom. The molecule has 14 heavy (non-hydrogen) atoms. The van der Waals surface area contributed by atoms with E-state index in [1.54, 1.807) is 0 Å². The van der Waals surface area contributed by atoms with Crippen molar-refractivity contribution in [2.24, 2.45) is 0 Å². The van der Waals surface area contributed by atoms with Gasteiger partial charge in [-0.1, -0.05) is 46.3 Å². The van der Waals surface area contributed by atoms with E-state index in [1.165, 1.54) is 5.56 Å². The maximum absolute atomic E-state index is 11.1. The van der Waals surface area contributed by atoms with Crippen LogP contribution in [-0.4, -0.2) is 17.9 Å². The Labute approximate surface area is 92.4 Å². The van der Waals surface area contributed by atoms with Crippen LogP contribution in [0.4, 0.5) is 0 Å². The van der Waals surface area contributed by atoms with Crippen LogP contribution < -0.4 is 0 Å². The molecule has 0 fully saturated rings. The van der Waals surface area contributed by atoms with Gasteiger partial charge in [-0.25, -0.2) is 0 Å². The van der Waals surface area contributed by atoms with E-state index in [0.717, 1.165) is 6.42 Å². The van der Waals surface area contributed by atoms with Crippen LogP contribution in [0.2, 0.25) is 0 Å². The zero-order chi connectivity index (χ0) is 10.2. The van der Waals surface area contributed by atoms with Crippen molar-refractivity contribution in [3.05, 3.63) is 35.9 Å². The van der Waals surface area contributed by atoms with Crippen molar-refractivity contribution < 1.29 is 9.53 Å². The molecule has 0 amide bonds. The molecule has 2 nitrogen and oxygen atoms in total. The molecule has 0 heterocycles. The molecule has 0 unspecified atom stereocenters. The molecule has 0 saturated carbocycles. The predicted molar refractivity (Wildman–Crippen MR) is 59.5 cm³/mol. The third-order valence-electron chi connectivity index (χ3n) is 1.80. The zero-order valence-electron chi connectivity index (χ0n) is 7.91. The normalized spacial score (nSPS) is 9.79. The van der Waals surface area contributed by atoms with E-state index in [2.05, 4.69) is 15.9 Å². The van der Waals surface area contributed by atoms with Crippen LogP contribution in [0.25, 0.3) is 0 Å². The molecule has 0 aliphatic heterocycles. The van der Waals surface area contributed by atoms with Gasteiger partial charge in [-0.2, -0.15) is 0 Å². The molecule has 1 aromatic rings. The van der Waals surface area contributed by atoms with Gasteiger partial charge in [0.25, 0.3) is 0 Å². The first-order valence-electron chi connectivity index (χ1n) is 4.58. The molecule has 1 aromatic carbocycles. The van der Waals surface area contributed by atoms with Gasteiger partial charge in [-0.15, -0.1) is 0 Å². The minimum Gasteiger partial charge on any atom is -0.465 e. The highest BCUT2D eigenvalue weighted by Gasteiger charge is 2.02. The van der Waals surface area contributed by atoms with Crippen LogP contribution in [0.3, 0.4) is 0 Å². The van der Waals surface area contributed by atoms with E-state index in [1.807, 2.05) is 30.3 Å². The number of alkyl halides is 1. The Morgan fingerprint density at radius 1 is 1.29 bits per heavy atom. The van der Waals surface area contributed by atoms with Gasteiger partial charge < -0.3 is 4.74 Å². The number of hydrogen-bond donors (Lipinski definition) is 0. The first-order chi connectivity index (χ1) is 6.83. The molecule has 0 spiro atoms. The third-order valence-corrected chi connectivity index (χ3v) is 2.12. The summed E-state index contributed by atoms with van der Waals surface area (Å²) in [5.41, 5.74) is 1.17. The number of carbonyl (C=O) groups excluding carboxylic acids is 1. The number of aryl methyl sites for hydroxylation is 1. The SMILES string of the molecule is O=C(CCc1ccccc1)OCCBr. The fraction of sp³-hybridized carbons (Fsp3) is 0.364. The van der Waals surface area contributed by atoms with Gasteiger partial charge >= 0.3 is 5.97 Å². The average molecular weight is 257 g/mol. The first kappa shape index (κ1) is 11.2. The highest BCUT2D eigenvalue weighted by atomic mass is 79.9. The number of hydrogen-bond acceptors (Lipinski definition) is 2. The second-order valence-corrected chi connectivity index (χ2v) is 3.69. The fourth-order valence-electron chi connectivity index (χ4n) is 1.12. The Balaban J connectivity index is 2.24. The standard InChI is InChI=1S/C11H13BrO2/c12-8-9-14-11(13)7-6-10-4-2-1-3-5-10/h1-5H,6-9H2. The minimum absolute atomic E-state index is 0.131. The maximum atomic E-state index is 11.1. The number of esters is 1. The topological polar surface area (TPSA) is 26.3 Å². The summed E-state index contributed by atoms with van der Waals surface area (Å²) in [6.07, 6.45) is 1.21. The molecule has 0 aromatic heterocycles. The summed E-state index contributed by atoms with van der Waals surface area (Å²) in [4.78, 5) is 11.1. The summed E-state index contributed by atoms with van der Waals surface area (Å²) < 4.78 is 4.93. The van der Waals surface area contributed by atoms with Gasteiger partial charge in [-0.05, 0) is 12.0 Å². The molecule has 0 radical (unpaired) electrons. The van der Waals surface area contributed by atoms with Gasteiger partial charge in [-0.3, -0.25) is 4.79 Å². The summed E-state index contributed by atoms with van der Waals surface area (Å²) in [6, 6.07) is 9.93. The monoisotopic (exact) mass is 256 g/mol. The number of rotatable bonds is 5. The lowest BCUT2D eigenvalue weighted by Crippen LogP contribution is -2.07. The second-order valence-electron chi connectivity index (χ2n) is 2.90. The lowest BCUT2D eigenvalue weighted by Gasteiger charge is -2.02.